The molecule has 136 valence electrons. The highest BCUT2D eigenvalue weighted by Gasteiger charge is 2.17. The van der Waals surface area contributed by atoms with Crippen molar-refractivity contribution in [3.63, 3.8) is 0 Å². The van der Waals surface area contributed by atoms with Gasteiger partial charge in [-0.15, -0.1) is 11.3 Å². The lowest BCUT2D eigenvalue weighted by Crippen LogP contribution is -2.11. The summed E-state index contributed by atoms with van der Waals surface area (Å²) in [4.78, 5) is 17.8. The Hall–Kier alpha value is -3.26. The van der Waals surface area contributed by atoms with Gasteiger partial charge in [0.05, 0.1) is 17.1 Å². The number of hydrogen-bond acceptors (Lipinski definition) is 5. The number of anilines is 1. The van der Waals surface area contributed by atoms with Crippen LogP contribution in [0.4, 0.5) is 10.2 Å². The Morgan fingerprint density at radius 1 is 1.30 bits per heavy atom. The molecule has 0 aliphatic rings. The van der Waals surface area contributed by atoms with Crippen molar-refractivity contribution in [2.45, 2.75) is 13.5 Å². The van der Waals surface area contributed by atoms with Crippen molar-refractivity contribution in [1.82, 2.24) is 14.8 Å². The van der Waals surface area contributed by atoms with Gasteiger partial charge in [0.1, 0.15) is 10.6 Å². The Bertz CT molecular complexity index is 1130. The minimum Gasteiger partial charge on any atom is -0.504 e. The molecule has 2 N–H and O–H groups in total. The van der Waals surface area contributed by atoms with Crippen molar-refractivity contribution >= 4 is 33.3 Å². The van der Waals surface area contributed by atoms with Crippen LogP contribution < -0.4 is 5.32 Å². The molecule has 27 heavy (non-hydrogen) atoms. The van der Waals surface area contributed by atoms with Gasteiger partial charge in [0.25, 0.3) is 5.91 Å². The number of pyridine rings is 1. The van der Waals surface area contributed by atoms with E-state index in [-0.39, 0.29) is 23.3 Å². The SMILES string of the molecule is Cc1nn(Cc2ccc(F)cc2)c2sc(C(=O)Nc3ncccc3O)cc12. The van der Waals surface area contributed by atoms with E-state index in [1.165, 1.54) is 35.7 Å². The van der Waals surface area contributed by atoms with Crippen molar-refractivity contribution in [2.24, 2.45) is 0 Å². The van der Waals surface area contributed by atoms with E-state index >= 15 is 0 Å². The first-order chi connectivity index (χ1) is 13.0. The van der Waals surface area contributed by atoms with Crippen LogP contribution in [0.25, 0.3) is 10.2 Å². The molecule has 0 unspecified atom stereocenters. The van der Waals surface area contributed by atoms with Crippen molar-refractivity contribution in [3.05, 3.63) is 70.6 Å². The van der Waals surface area contributed by atoms with Gasteiger partial charge in [-0.2, -0.15) is 5.10 Å². The van der Waals surface area contributed by atoms with Gasteiger partial charge in [0.2, 0.25) is 0 Å². The van der Waals surface area contributed by atoms with Crippen molar-refractivity contribution in [3.8, 4) is 5.75 Å². The number of hydrogen-bond donors (Lipinski definition) is 2. The molecule has 0 radical (unpaired) electrons. The maximum absolute atomic E-state index is 13.1. The fourth-order valence-electron chi connectivity index (χ4n) is 2.76. The number of fused-ring (bicyclic) bond motifs is 1. The van der Waals surface area contributed by atoms with Gasteiger partial charge in [0.15, 0.2) is 11.6 Å². The van der Waals surface area contributed by atoms with Gasteiger partial charge in [-0.05, 0) is 42.8 Å². The second-order valence-corrected chi connectivity index (χ2v) is 7.05. The van der Waals surface area contributed by atoms with Crippen LogP contribution in [0.15, 0.2) is 48.7 Å². The molecule has 3 aromatic heterocycles. The number of halogens is 1. The van der Waals surface area contributed by atoms with E-state index in [1.807, 2.05) is 6.92 Å². The summed E-state index contributed by atoms with van der Waals surface area (Å²) in [5, 5.41) is 17.8. The van der Waals surface area contributed by atoms with Crippen LogP contribution in [0.5, 0.6) is 5.75 Å². The average Bonchev–Trinajstić information content (AvgIpc) is 3.21. The molecule has 8 heteroatoms. The summed E-state index contributed by atoms with van der Waals surface area (Å²) in [6.07, 6.45) is 1.49. The molecule has 0 saturated heterocycles. The van der Waals surface area contributed by atoms with E-state index in [9.17, 15) is 14.3 Å². The number of nitrogens with zero attached hydrogens (tertiary/aromatic N) is 3. The zero-order valence-corrected chi connectivity index (χ0v) is 15.1. The minimum atomic E-state index is -0.349. The summed E-state index contributed by atoms with van der Waals surface area (Å²) >= 11 is 1.31. The third-order valence-corrected chi connectivity index (χ3v) is 5.24. The first-order valence-electron chi connectivity index (χ1n) is 8.18. The fraction of sp³-hybridized carbons (Fsp3) is 0.105. The number of aromatic nitrogens is 3. The van der Waals surface area contributed by atoms with E-state index in [2.05, 4.69) is 15.4 Å². The van der Waals surface area contributed by atoms with Gasteiger partial charge >= 0.3 is 0 Å². The molecule has 0 aliphatic heterocycles. The van der Waals surface area contributed by atoms with Crippen LogP contribution >= 0.6 is 11.3 Å². The van der Waals surface area contributed by atoms with Gasteiger partial charge < -0.3 is 10.4 Å². The molecule has 4 aromatic rings. The largest absolute Gasteiger partial charge is 0.504 e. The molecular formula is C19H15FN4O2S. The van der Waals surface area contributed by atoms with E-state index in [0.717, 1.165) is 21.5 Å². The molecular weight excluding hydrogens is 367 g/mol. The first kappa shape index (κ1) is 17.2. The maximum Gasteiger partial charge on any atom is 0.267 e. The first-order valence-corrected chi connectivity index (χ1v) is 8.99. The Labute approximate surface area is 157 Å². The van der Waals surface area contributed by atoms with Crippen molar-refractivity contribution in [1.29, 1.82) is 0 Å². The summed E-state index contributed by atoms with van der Waals surface area (Å²) in [6, 6.07) is 11.1. The van der Waals surface area contributed by atoms with Crippen LogP contribution in [0.3, 0.4) is 0 Å². The lowest BCUT2D eigenvalue weighted by molar-refractivity contribution is 0.102. The topological polar surface area (TPSA) is 80.0 Å². The highest BCUT2D eigenvalue weighted by atomic mass is 32.1. The zero-order chi connectivity index (χ0) is 19.0. The Morgan fingerprint density at radius 2 is 2.07 bits per heavy atom. The third-order valence-electron chi connectivity index (χ3n) is 4.10. The molecule has 0 spiro atoms. The van der Waals surface area contributed by atoms with Gasteiger partial charge in [0, 0.05) is 11.6 Å². The number of carbonyl (C=O) groups excluding carboxylic acids is 1. The quantitative estimate of drug-likeness (QED) is 0.560. The lowest BCUT2D eigenvalue weighted by atomic mass is 10.2. The second kappa shape index (κ2) is 6.81. The summed E-state index contributed by atoms with van der Waals surface area (Å²) in [7, 11) is 0. The van der Waals surface area contributed by atoms with Crippen LogP contribution in [-0.2, 0) is 6.54 Å². The van der Waals surface area contributed by atoms with Crippen LogP contribution in [0, 0.1) is 12.7 Å². The number of nitrogens with one attached hydrogen (secondary N) is 1. The number of aromatic hydroxyl groups is 1. The summed E-state index contributed by atoms with van der Waals surface area (Å²) in [6.45, 7) is 2.36. The highest BCUT2D eigenvalue weighted by Crippen LogP contribution is 2.30. The number of benzene rings is 1. The van der Waals surface area contributed by atoms with Crippen molar-refractivity contribution in [2.75, 3.05) is 5.32 Å². The molecule has 4 rings (SSSR count). The fourth-order valence-corrected chi connectivity index (χ4v) is 3.81. The smallest absolute Gasteiger partial charge is 0.267 e. The van der Waals surface area contributed by atoms with Gasteiger partial charge in [-0.25, -0.2) is 9.37 Å². The summed E-state index contributed by atoms with van der Waals surface area (Å²) in [5.41, 5.74) is 1.72. The Morgan fingerprint density at radius 3 is 2.81 bits per heavy atom. The Balaban J connectivity index is 1.63. The predicted octanol–water partition coefficient (Wildman–Crippen LogP) is 3.95. The van der Waals surface area contributed by atoms with E-state index < -0.39 is 0 Å². The van der Waals surface area contributed by atoms with Gasteiger partial charge in [-0.1, -0.05) is 12.1 Å². The molecule has 6 nitrogen and oxygen atoms in total. The van der Waals surface area contributed by atoms with E-state index in [0.29, 0.717) is 11.4 Å². The van der Waals surface area contributed by atoms with Crippen LogP contribution in [0.2, 0.25) is 0 Å². The molecule has 0 bridgehead atoms. The second-order valence-electron chi connectivity index (χ2n) is 6.02. The third kappa shape index (κ3) is 3.39. The minimum absolute atomic E-state index is 0.0920. The van der Waals surface area contributed by atoms with Crippen molar-refractivity contribution < 1.29 is 14.3 Å². The standard InChI is InChI=1S/C19H15FN4O2S/c1-11-14-9-16(18(26)22-17-15(25)3-2-8-21-17)27-19(14)24(23-11)10-12-4-6-13(20)7-5-12/h2-9,25H,10H2,1H3,(H,21,22,26). The molecule has 1 aromatic carbocycles. The molecule has 1 amide bonds. The predicted molar refractivity (Wildman–Crippen MR) is 102 cm³/mol. The molecule has 0 saturated carbocycles. The monoisotopic (exact) mass is 382 g/mol. The molecule has 3 heterocycles. The zero-order valence-electron chi connectivity index (χ0n) is 14.3. The Kier molecular flexibility index (Phi) is 4.33. The summed E-state index contributed by atoms with van der Waals surface area (Å²) < 4.78 is 14.9. The number of thiophene rings is 1. The lowest BCUT2D eigenvalue weighted by Gasteiger charge is -2.04. The van der Waals surface area contributed by atoms with Gasteiger partial charge in [-0.3, -0.25) is 9.48 Å². The number of rotatable bonds is 4. The molecule has 0 atom stereocenters. The average molecular weight is 382 g/mol. The maximum atomic E-state index is 13.1. The molecule has 0 aliphatic carbocycles. The number of amides is 1. The number of carbonyl (C=O) groups is 1. The molecule has 0 fully saturated rings. The van der Waals surface area contributed by atoms with Crippen LogP contribution in [0.1, 0.15) is 20.9 Å². The van der Waals surface area contributed by atoms with E-state index in [4.69, 9.17) is 0 Å². The number of aryl methyl sites for hydroxylation is 1. The highest BCUT2D eigenvalue weighted by molar-refractivity contribution is 7.20. The summed E-state index contributed by atoms with van der Waals surface area (Å²) in [5.74, 6) is -0.610. The normalized spacial score (nSPS) is 11.0. The van der Waals surface area contributed by atoms with Crippen LogP contribution in [-0.4, -0.2) is 25.8 Å². The van der Waals surface area contributed by atoms with E-state index in [1.54, 1.807) is 28.9 Å².